The second kappa shape index (κ2) is 6.57. The van der Waals surface area contributed by atoms with Crippen molar-refractivity contribution in [3.05, 3.63) is 29.6 Å². The van der Waals surface area contributed by atoms with Gasteiger partial charge < -0.3 is 10.2 Å². The van der Waals surface area contributed by atoms with Gasteiger partial charge in [-0.05, 0) is 38.3 Å². The highest BCUT2D eigenvalue weighted by atomic mass is 19.1. The summed E-state index contributed by atoms with van der Waals surface area (Å²) < 4.78 is 14.2. The summed E-state index contributed by atoms with van der Waals surface area (Å²) in [6.45, 7) is 9.25. The molecule has 1 aliphatic rings. The fourth-order valence-electron chi connectivity index (χ4n) is 3.18. The van der Waals surface area contributed by atoms with Crippen LogP contribution in [0.15, 0.2) is 18.2 Å². The first-order valence-electron chi connectivity index (χ1n) is 7.83. The van der Waals surface area contributed by atoms with E-state index in [0.29, 0.717) is 24.7 Å². The molecule has 2 rings (SSSR count). The lowest BCUT2D eigenvalue weighted by molar-refractivity contribution is 0.546. The van der Waals surface area contributed by atoms with Crippen LogP contribution in [0, 0.1) is 5.82 Å². The van der Waals surface area contributed by atoms with Crippen LogP contribution in [0.1, 0.15) is 52.5 Å². The van der Waals surface area contributed by atoms with Crippen LogP contribution in [0.2, 0.25) is 0 Å². The Balaban J connectivity index is 2.32. The highest BCUT2D eigenvalue weighted by molar-refractivity contribution is 5.56. The third kappa shape index (κ3) is 3.14. The molecule has 1 aliphatic heterocycles. The van der Waals surface area contributed by atoms with Crippen molar-refractivity contribution in [1.82, 2.24) is 5.32 Å². The van der Waals surface area contributed by atoms with Gasteiger partial charge in [0.05, 0.1) is 0 Å². The quantitative estimate of drug-likeness (QED) is 0.872. The lowest BCUT2D eigenvalue weighted by Crippen LogP contribution is -2.36. The van der Waals surface area contributed by atoms with Crippen LogP contribution < -0.4 is 10.2 Å². The minimum atomic E-state index is -0.0930. The van der Waals surface area contributed by atoms with E-state index in [2.05, 4.69) is 44.0 Å². The Morgan fingerprint density at radius 3 is 2.75 bits per heavy atom. The van der Waals surface area contributed by atoms with Crippen molar-refractivity contribution in [2.45, 2.75) is 71.6 Å². The molecule has 1 heterocycles. The highest BCUT2D eigenvalue weighted by Crippen LogP contribution is 2.35. The summed E-state index contributed by atoms with van der Waals surface area (Å²) in [6.07, 6.45) is 3.54. The molecule has 0 amide bonds. The summed E-state index contributed by atoms with van der Waals surface area (Å²) in [5, 5.41) is 3.35. The molecule has 3 heteroatoms. The van der Waals surface area contributed by atoms with Gasteiger partial charge in [0.15, 0.2) is 0 Å². The van der Waals surface area contributed by atoms with Crippen LogP contribution >= 0.6 is 0 Å². The number of nitrogens with zero attached hydrogens (tertiary/aromatic N) is 1. The normalized spacial score (nSPS) is 22.8. The molecule has 0 spiro atoms. The van der Waals surface area contributed by atoms with Crippen LogP contribution in [-0.2, 0) is 6.54 Å². The second-order valence-electron chi connectivity index (χ2n) is 6.17. The minimum Gasteiger partial charge on any atom is -0.366 e. The van der Waals surface area contributed by atoms with E-state index in [0.717, 1.165) is 17.7 Å². The van der Waals surface area contributed by atoms with E-state index in [-0.39, 0.29) is 5.82 Å². The molecule has 1 aromatic carbocycles. The fourth-order valence-corrected chi connectivity index (χ4v) is 3.18. The first kappa shape index (κ1) is 15.3. The van der Waals surface area contributed by atoms with E-state index in [4.69, 9.17) is 0 Å². The van der Waals surface area contributed by atoms with Gasteiger partial charge in [0.1, 0.15) is 5.82 Å². The third-order valence-corrected chi connectivity index (χ3v) is 4.32. The Bertz CT molecular complexity index is 445. The van der Waals surface area contributed by atoms with E-state index in [9.17, 15) is 4.39 Å². The molecular weight excluding hydrogens is 251 g/mol. The zero-order valence-electron chi connectivity index (χ0n) is 13.1. The maximum absolute atomic E-state index is 14.2. The lowest BCUT2D eigenvalue weighted by atomic mass is 10.1. The summed E-state index contributed by atoms with van der Waals surface area (Å²) in [5.74, 6) is -0.0930. The zero-order valence-corrected chi connectivity index (χ0v) is 13.1. The Morgan fingerprint density at radius 1 is 1.35 bits per heavy atom. The van der Waals surface area contributed by atoms with Gasteiger partial charge in [-0.3, -0.25) is 0 Å². The predicted octanol–water partition coefficient (Wildman–Crippen LogP) is 4.09. The maximum atomic E-state index is 14.2. The lowest BCUT2D eigenvalue weighted by Gasteiger charge is -2.32. The van der Waals surface area contributed by atoms with Gasteiger partial charge in [-0.2, -0.15) is 0 Å². The van der Waals surface area contributed by atoms with Gasteiger partial charge in [0, 0.05) is 35.9 Å². The van der Waals surface area contributed by atoms with Crippen molar-refractivity contribution in [3.63, 3.8) is 0 Å². The van der Waals surface area contributed by atoms with Crippen LogP contribution in [0.3, 0.4) is 0 Å². The molecule has 1 N–H and O–H groups in total. The number of benzene rings is 1. The first-order valence-corrected chi connectivity index (χ1v) is 7.83. The standard InChI is InChI=1S/C17H27FN2/c1-5-14-10-9-13(4)20(14)17-8-6-7-16(18)15(17)11-19-12(2)3/h6-8,12-14,19H,5,9-11H2,1-4H3. The molecule has 1 aromatic rings. The summed E-state index contributed by atoms with van der Waals surface area (Å²) in [4.78, 5) is 2.43. The van der Waals surface area contributed by atoms with E-state index >= 15 is 0 Å². The largest absolute Gasteiger partial charge is 0.366 e. The summed E-state index contributed by atoms with van der Waals surface area (Å²) in [6, 6.07) is 6.89. The van der Waals surface area contributed by atoms with E-state index in [1.807, 2.05) is 6.07 Å². The molecule has 0 bridgehead atoms. The molecule has 1 saturated heterocycles. The molecular formula is C17H27FN2. The van der Waals surface area contributed by atoms with Crippen LogP contribution in [-0.4, -0.2) is 18.1 Å². The average molecular weight is 278 g/mol. The fraction of sp³-hybridized carbons (Fsp3) is 0.647. The monoisotopic (exact) mass is 278 g/mol. The summed E-state index contributed by atoms with van der Waals surface area (Å²) in [5.41, 5.74) is 1.89. The number of hydrogen-bond donors (Lipinski definition) is 1. The molecule has 2 unspecified atom stereocenters. The summed E-state index contributed by atoms with van der Waals surface area (Å²) >= 11 is 0. The van der Waals surface area contributed by atoms with Crippen LogP contribution in [0.5, 0.6) is 0 Å². The molecule has 112 valence electrons. The molecule has 0 aromatic heterocycles. The smallest absolute Gasteiger partial charge is 0.129 e. The molecule has 1 fully saturated rings. The van der Waals surface area contributed by atoms with Crippen molar-refractivity contribution in [1.29, 1.82) is 0 Å². The van der Waals surface area contributed by atoms with Gasteiger partial charge in [0.25, 0.3) is 0 Å². The van der Waals surface area contributed by atoms with Crippen LogP contribution in [0.4, 0.5) is 10.1 Å². The Hall–Kier alpha value is -1.09. The SMILES string of the molecule is CCC1CCC(C)N1c1cccc(F)c1CNC(C)C. The van der Waals surface area contributed by atoms with Gasteiger partial charge in [0.2, 0.25) is 0 Å². The van der Waals surface area contributed by atoms with Crippen molar-refractivity contribution in [2.24, 2.45) is 0 Å². The molecule has 0 aliphatic carbocycles. The van der Waals surface area contributed by atoms with Gasteiger partial charge in [-0.1, -0.05) is 26.8 Å². The van der Waals surface area contributed by atoms with Gasteiger partial charge in [-0.15, -0.1) is 0 Å². The van der Waals surface area contributed by atoms with Crippen LogP contribution in [0.25, 0.3) is 0 Å². The average Bonchev–Trinajstić information content (AvgIpc) is 2.78. The minimum absolute atomic E-state index is 0.0930. The number of halogens is 1. The van der Waals surface area contributed by atoms with Crippen molar-refractivity contribution < 1.29 is 4.39 Å². The number of anilines is 1. The molecule has 20 heavy (non-hydrogen) atoms. The van der Waals surface area contributed by atoms with E-state index in [1.54, 1.807) is 6.07 Å². The number of hydrogen-bond acceptors (Lipinski definition) is 2. The third-order valence-electron chi connectivity index (χ3n) is 4.32. The second-order valence-corrected chi connectivity index (χ2v) is 6.17. The molecule has 0 radical (unpaired) electrons. The molecule has 0 saturated carbocycles. The Labute approximate surface area is 122 Å². The van der Waals surface area contributed by atoms with Gasteiger partial charge >= 0.3 is 0 Å². The Kier molecular flexibility index (Phi) is 5.03. The topological polar surface area (TPSA) is 15.3 Å². The van der Waals surface area contributed by atoms with Gasteiger partial charge in [-0.25, -0.2) is 4.39 Å². The zero-order chi connectivity index (χ0) is 14.7. The van der Waals surface area contributed by atoms with Crippen molar-refractivity contribution >= 4 is 5.69 Å². The highest BCUT2D eigenvalue weighted by Gasteiger charge is 2.31. The van der Waals surface area contributed by atoms with Crippen molar-refractivity contribution in [2.75, 3.05) is 4.90 Å². The number of rotatable bonds is 5. The Morgan fingerprint density at radius 2 is 2.10 bits per heavy atom. The van der Waals surface area contributed by atoms with Crippen molar-refractivity contribution in [3.8, 4) is 0 Å². The number of nitrogens with one attached hydrogen (secondary N) is 1. The summed E-state index contributed by atoms with van der Waals surface area (Å²) in [7, 11) is 0. The van der Waals surface area contributed by atoms with E-state index < -0.39 is 0 Å². The predicted molar refractivity (Wildman–Crippen MR) is 83.6 cm³/mol. The maximum Gasteiger partial charge on any atom is 0.129 e. The van der Waals surface area contributed by atoms with E-state index in [1.165, 1.54) is 12.8 Å². The first-order chi connectivity index (χ1) is 9.54. The molecule has 2 nitrogen and oxygen atoms in total. The molecule has 2 atom stereocenters.